The van der Waals surface area contributed by atoms with Crippen LogP contribution in [0.25, 0.3) is 11.1 Å². The Kier molecular flexibility index (Phi) is 5.16. The van der Waals surface area contributed by atoms with Gasteiger partial charge in [-0.1, -0.05) is 29.8 Å². The minimum atomic E-state index is 0. The van der Waals surface area contributed by atoms with Gasteiger partial charge in [-0.05, 0) is 23.8 Å². The van der Waals surface area contributed by atoms with Gasteiger partial charge in [0.15, 0.2) is 0 Å². The van der Waals surface area contributed by atoms with Gasteiger partial charge in [-0.15, -0.1) is 12.6 Å². The average Bonchev–Trinajstić information content (AvgIpc) is 2.20. The summed E-state index contributed by atoms with van der Waals surface area (Å²) in [4.78, 5) is 4.93. The van der Waals surface area contributed by atoms with E-state index in [4.69, 9.17) is 11.6 Å². The van der Waals surface area contributed by atoms with Gasteiger partial charge in [0.25, 0.3) is 0 Å². The molecule has 0 amide bonds. The van der Waals surface area contributed by atoms with Crippen molar-refractivity contribution in [2.45, 2.75) is 4.90 Å². The van der Waals surface area contributed by atoms with Crippen LogP contribution in [0.1, 0.15) is 1.43 Å². The smallest absolute Gasteiger partial charge is 1.00 e. The second kappa shape index (κ2) is 5.92. The molecule has 0 atom stereocenters. The van der Waals surface area contributed by atoms with E-state index in [-0.39, 0.29) is 31.0 Å². The minimum Gasteiger partial charge on any atom is -1.00 e. The molecule has 0 saturated heterocycles. The molecule has 1 heterocycles. The fourth-order valence-electron chi connectivity index (χ4n) is 1.29. The summed E-state index contributed by atoms with van der Waals surface area (Å²) in [5.74, 6) is 0. The van der Waals surface area contributed by atoms with Gasteiger partial charge in [0.05, 0.1) is 0 Å². The third-order valence-electron chi connectivity index (χ3n) is 1.95. The Balaban J connectivity index is 0.00000112. The third kappa shape index (κ3) is 2.99. The number of thiol groups is 1. The van der Waals surface area contributed by atoms with Crippen molar-refractivity contribution >= 4 is 24.2 Å². The number of benzene rings is 1. The van der Waals surface area contributed by atoms with Crippen molar-refractivity contribution in [3.05, 3.63) is 47.7 Å². The van der Waals surface area contributed by atoms with E-state index >= 15 is 0 Å². The zero-order valence-corrected chi connectivity index (χ0v) is 12.0. The van der Waals surface area contributed by atoms with E-state index in [2.05, 4.69) is 17.6 Å². The molecule has 0 aliphatic rings. The number of aromatic nitrogens is 1. The Morgan fingerprint density at radius 3 is 2.40 bits per heavy atom. The van der Waals surface area contributed by atoms with E-state index in [1.807, 2.05) is 36.4 Å². The maximum absolute atomic E-state index is 5.99. The zero-order chi connectivity index (χ0) is 9.97. The van der Waals surface area contributed by atoms with Crippen molar-refractivity contribution in [2.24, 2.45) is 0 Å². The standard InChI is InChI=1S/C11H8ClNS.Na.H/c12-11-9(5-3-7-13-11)8-4-1-2-6-10(8)14;;/h1-7,14H;;/q;+1;-1. The molecule has 1 nitrogen and oxygen atoms in total. The summed E-state index contributed by atoms with van der Waals surface area (Å²) in [5, 5.41) is 0.508. The van der Waals surface area contributed by atoms with Crippen LogP contribution in [0.2, 0.25) is 5.15 Å². The van der Waals surface area contributed by atoms with Crippen LogP contribution in [0.5, 0.6) is 0 Å². The zero-order valence-electron chi connectivity index (χ0n) is 9.31. The molecule has 0 aliphatic heterocycles. The molecule has 2 aromatic rings. The number of rotatable bonds is 1. The van der Waals surface area contributed by atoms with E-state index in [0.717, 1.165) is 16.0 Å². The Labute approximate surface area is 123 Å². The molecule has 0 saturated carbocycles. The maximum atomic E-state index is 5.99. The molecule has 0 fully saturated rings. The van der Waals surface area contributed by atoms with E-state index in [9.17, 15) is 0 Å². The summed E-state index contributed by atoms with van der Waals surface area (Å²) in [5.41, 5.74) is 1.92. The van der Waals surface area contributed by atoms with Crippen LogP contribution >= 0.6 is 24.2 Å². The molecular weight excluding hydrogens is 237 g/mol. The van der Waals surface area contributed by atoms with Crippen molar-refractivity contribution in [2.75, 3.05) is 0 Å². The molecule has 0 aliphatic carbocycles. The molecule has 0 spiro atoms. The number of hydrogen-bond acceptors (Lipinski definition) is 2. The normalized spacial score (nSPS) is 9.47. The molecule has 72 valence electrons. The van der Waals surface area contributed by atoms with Gasteiger partial charge in [0.1, 0.15) is 5.15 Å². The van der Waals surface area contributed by atoms with Crippen molar-refractivity contribution in [1.29, 1.82) is 0 Å². The van der Waals surface area contributed by atoms with Crippen LogP contribution in [0.3, 0.4) is 0 Å². The number of nitrogens with zero attached hydrogens (tertiary/aromatic N) is 1. The Morgan fingerprint density at radius 2 is 1.73 bits per heavy atom. The van der Waals surface area contributed by atoms with Crippen molar-refractivity contribution in [3.63, 3.8) is 0 Å². The molecule has 4 heteroatoms. The number of hydrogen-bond donors (Lipinski definition) is 1. The first-order chi connectivity index (χ1) is 6.79. The van der Waals surface area contributed by atoms with Crippen molar-refractivity contribution in [3.8, 4) is 11.1 Å². The third-order valence-corrected chi connectivity index (χ3v) is 2.64. The second-order valence-corrected chi connectivity index (χ2v) is 3.70. The van der Waals surface area contributed by atoms with Crippen molar-refractivity contribution in [1.82, 2.24) is 4.98 Å². The summed E-state index contributed by atoms with van der Waals surface area (Å²) < 4.78 is 0. The Bertz CT molecular complexity index is 424. The van der Waals surface area contributed by atoms with Gasteiger partial charge in [-0.3, -0.25) is 0 Å². The molecule has 15 heavy (non-hydrogen) atoms. The predicted octanol–water partition coefficient (Wildman–Crippen LogP) is 0.807. The van der Waals surface area contributed by atoms with Gasteiger partial charge < -0.3 is 1.43 Å². The molecule has 2 rings (SSSR count). The summed E-state index contributed by atoms with van der Waals surface area (Å²) in [6, 6.07) is 11.6. The Morgan fingerprint density at radius 1 is 1.07 bits per heavy atom. The monoisotopic (exact) mass is 245 g/mol. The number of halogens is 1. The fourth-order valence-corrected chi connectivity index (χ4v) is 1.79. The van der Waals surface area contributed by atoms with Crippen LogP contribution in [0.15, 0.2) is 47.5 Å². The van der Waals surface area contributed by atoms with E-state index in [1.54, 1.807) is 6.20 Å². The van der Waals surface area contributed by atoms with Gasteiger partial charge in [0, 0.05) is 16.7 Å². The summed E-state index contributed by atoms with van der Waals surface area (Å²) in [7, 11) is 0. The second-order valence-electron chi connectivity index (χ2n) is 2.86. The van der Waals surface area contributed by atoms with Gasteiger partial charge >= 0.3 is 29.6 Å². The molecule has 1 aromatic heterocycles. The van der Waals surface area contributed by atoms with Crippen LogP contribution in [0, 0.1) is 0 Å². The summed E-state index contributed by atoms with van der Waals surface area (Å²) >= 11 is 10.4. The first-order valence-electron chi connectivity index (χ1n) is 4.18. The molecule has 0 unspecified atom stereocenters. The van der Waals surface area contributed by atoms with Crippen LogP contribution in [-0.2, 0) is 0 Å². The number of pyridine rings is 1. The SMILES string of the molecule is Sc1ccccc1-c1cccnc1Cl.[H-].[Na+]. The Hall–Kier alpha value is 0.01000. The van der Waals surface area contributed by atoms with Gasteiger partial charge in [-0.2, -0.15) is 0 Å². The summed E-state index contributed by atoms with van der Waals surface area (Å²) in [6.07, 6.45) is 1.67. The van der Waals surface area contributed by atoms with E-state index < -0.39 is 0 Å². The predicted molar refractivity (Wildman–Crippen MR) is 63.0 cm³/mol. The first-order valence-corrected chi connectivity index (χ1v) is 5.00. The fraction of sp³-hybridized carbons (Fsp3) is 0. The topological polar surface area (TPSA) is 12.9 Å². The molecule has 0 bridgehead atoms. The van der Waals surface area contributed by atoms with Crippen LogP contribution in [0.4, 0.5) is 0 Å². The van der Waals surface area contributed by atoms with Gasteiger partial charge in [0.2, 0.25) is 0 Å². The summed E-state index contributed by atoms with van der Waals surface area (Å²) in [6.45, 7) is 0. The molecule has 1 aromatic carbocycles. The minimum absolute atomic E-state index is 0. The van der Waals surface area contributed by atoms with E-state index in [1.165, 1.54) is 0 Å². The van der Waals surface area contributed by atoms with Crippen molar-refractivity contribution < 1.29 is 31.0 Å². The molecule has 0 N–H and O–H groups in total. The van der Waals surface area contributed by atoms with Gasteiger partial charge in [-0.25, -0.2) is 4.98 Å². The van der Waals surface area contributed by atoms with Crippen LogP contribution < -0.4 is 29.6 Å². The van der Waals surface area contributed by atoms with Crippen LogP contribution in [-0.4, -0.2) is 4.98 Å². The average molecular weight is 246 g/mol. The largest absolute Gasteiger partial charge is 1.00 e. The maximum Gasteiger partial charge on any atom is 1.00 e. The molecule has 0 radical (unpaired) electrons. The quantitative estimate of drug-likeness (QED) is 0.446. The first kappa shape index (κ1) is 13.1. The van der Waals surface area contributed by atoms with E-state index in [0.29, 0.717) is 5.15 Å². The molecular formula is C11H9ClNNaS.